The minimum absolute atomic E-state index is 0.0764. The van der Waals surface area contributed by atoms with Crippen molar-refractivity contribution in [2.24, 2.45) is 5.73 Å². The summed E-state index contributed by atoms with van der Waals surface area (Å²) in [7, 11) is 1.74. The van der Waals surface area contributed by atoms with Gasteiger partial charge < -0.3 is 10.5 Å². The second-order valence-corrected chi connectivity index (χ2v) is 4.98. The summed E-state index contributed by atoms with van der Waals surface area (Å²) in [5, 5.41) is 0. The van der Waals surface area contributed by atoms with E-state index in [0.717, 1.165) is 32.7 Å². The van der Waals surface area contributed by atoms with Gasteiger partial charge in [0.15, 0.2) is 0 Å². The van der Waals surface area contributed by atoms with E-state index < -0.39 is 0 Å². The van der Waals surface area contributed by atoms with Crippen molar-refractivity contribution in [2.75, 3.05) is 33.4 Å². The zero-order valence-electron chi connectivity index (χ0n) is 12.6. The number of likely N-dealkylation sites (N-methyl/N-ethyl adjacent to an activating group) is 1. The van der Waals surface area contributed by atoms with Crippen LogP contribution < -0.4 is 5.73 Å². The van der Waals surface area contributed by atoms with Gasteiger partial charge in [-0.1, -0.05) is 44.5 Å². The minimum atomic E-state index is 0.0764. The molecule has 0 fully saturated rings. The molecule has 0 saturated carbocycles. The summed E-state index contributed by atoms with van der Waals surface area (Å²) in [6, 6.07) is 8.81. The van der Waals surface area contributed by atoms with Crippen LogP contribution in [0, 0.1) is 0 Å². The molecule has 3 nitrogen and oxygen atoms in total. The third-order valence-electron chi connectivity index (χ3n) is 3.46. The molecule has 2 N–H and O–H groups in total. The number of benzene rings is 1. The molecule has 1 aromatic rings. The van der Waals surface area contributed by atoms with E-state index in [-0.39, 0.29) is 6.04 Å². The Morgan fingerprint density at radius 1 is 1.21 bits per heavy atom. The molecule has 1 atom stereocenters. The normalized spacial score (nSPS) is 12.9. The lowest BCUT2D eigenvalue weighted by Crippen LogP contribution is -2.34. The van der Waals surface area contributed by atoms with Crippen LogP contribution in [0.4, 0.5) is 0 Å². The molecule has 1 rings (SSSR count). The molecule has 0 spiro atoms. The van der Waals surface area contributed by atoms with Crippen LogP contribution in [0.1, 0.15) is 37.4 Å². The quantitative estimate of drug-likeness (QED) is 0.745. The molecule has 0 saturated heterocycles. The summed E-state index contributed by atoms with van der Waals surface area (Å²) in [5.41, 5.74) is 8.90. The van der Waals surface area contributed by atoms with Gasteiger partial charge in [0.2, 0.25) is 0 Å². The van der Waals surface area contributed by atoms with Gasteiger partial charge in [-0.2, -0.15) is 0 Å². The number of hydrogen-bond acceptors (Lipinski definition) is 3. The molecule has 108 valence electrons. The van der Waals surface area contributed by atoms with Gasteiger partial charge >= 0.3 is 0 Å². The van der Waals surface area contributed by atoms with Crippen molar-refractivity contribution in [1.82, 2.24) is 4.90 Å². The standard InChI is InChI=1S/C16H28N2O/c1-4-6-14-7-9-15(10-8-14)16(17)13-18(5-2)11-12-19-3/h7-10,16H,4-6,11-13,17H2,1-3H3. The maximum atomic E-state index is 6.28. The molecular formula is C16H28N2O. The van der Waals surface area contributed by atoms with Crippen LogP contribution in [0.2, 0.25) is 0 Å². The first-order valence-corrected chi connectivity index (χ1v) is 7.26. The highest BCUT2D eigenvalue weighted by molar-refractivity contribution is 5.25. The Labute approximate surface area is 117 Å². The molecule has 0 heterocycles. The summed E-state index contributed by atoms with van der Waals surface area (Å²) >= 11 is 0. The van der Waals surface area contributed by atoms with Gasteiger partial charge in [-0.3, -0.25) is 4.90 Å². The van der Waals surface area contributed by atoms with Gasteiger partial charge in [0.1, 0.15) is 0 Å². The number of hydrogen-bond donors (Lipinski definition) is 1. The van der Waals surface area contributed by atoms with Crippen molar-refractivity contribution in [2.45, 2.75) is 32.7 Å². The van der Waals surface area contributed by atoms with Crippen LogP contribution in [-0.2, 0) is 11.2 Å². The molecule has 0 aliphatic carbocycles. The first-order chi connectivity index (χ1) is 9.21. The van der Waals surface area contributed by atoms with E-state index in [2.05, 4.69) is 43.0 Å². The monoisotopic (exact) mass is 264 g/mol. The van der Waals surface area contributed by atoms with Gasteiger partial charge in [0.25, 0.3) is 0 Å². The molecule has 0 amide bonds. The number of methoxy groups -OCH3 is 1. The van der Waals surface area contributed by atoms with E-state index >= 15 is 0 Å². The van der Waals surface area contributed by atoms with E-state index in [9.17, 15) is 0 Å². The largest absolute Gasteiger partial charge is 0.383 e. The van der Waals surface area contributed by atoms with Gasteiger partial charge in [0, 0.05) is 26.2 Å². The fourth-order valence-corrected chi connectivity index (χ4v) is 2.20. The van der Waals surface area contributed by atoms with Crippen LogP contribution in [-0.4, -0.2) is 38.3 Å². The molecule has 0 radical (unpaired) electrons. The maximum Gasteiger partial charge on any atom is 0.0589 e. The molecule has 0 aliphatic heterocycles. The molecule has 19 heavy (non-hydrogen) atoms. The average Bonchev–Trinajstić information content (AvgIpc) is 2.44. The van der Waals surface area contributed by atoms with Gasteiger partial charge in [-0.05, 0) is 24.1 Å². The van der Waals surface area contributed by atoms with Gasteiger partial charge in [-0.15, -0.1) is 0 Å². The molecular weight excluding hydrogens is 236 g/mol. The summed E-state index contributed by atoms with van der Waals surface area (Å²) in [6.45, 7) is 7.95. The third kappa shape index (κ3) is 5.72. The smallest absolute Gasteiger partial charge is 0.0589 e. The van der Waals surface area contributed by atoms with Crippen molar-refractivity contribution in [3.8, 4) is 0 Å². The molecule has 3 heteroatoms. The van der Waals surface area contributed by atoms with Crippen molar-refractivity contribution >= 4 is 0 Å². The molecule has 1 aromatic carbocycles. The van der Waals surface area contributed by atoms with E-state index in [1.165, 1.54) is 17.5 Å². The predicted octanol–water partition coefficient (Wildman–Crippen LogP) is 2.61. The van der Waals surface area contributed by atoms with Crippen molar-refractivity contribution in [1.29, 1.82) is 0 Å². The fraction of sp³-hybridized carbons (Fsp3) is 0.625. The van der Waals surface area contributed by atoms with Gasteiger partial charge in [-0.25, -0.2) is 0 Å². The highest BCUT2D eigenvalue weighted by atomic mass is 16.5. The van der Waals surface area contributed by atoms with E-state index in [1.807, 2.05) is 0 Å². The van der Waals surface area contributed by atoms with Crippen molar-refractivity contribution in [3.63, 3.8) is 0 Å². The lowest BCUT2D eigenvalue weighted by Gasteiger charge is -2.24. The predicted molar refractivity (Wildman–Crippen MR) is 81.4 cm³/mol. The van der Waals surface area contributed by atoms with Crippen LogP contribution in [0.25, 0.3) is 0 Å². The second kappa shape index (κ2) is 9.08. The number of ether oxygens (including phenoxy) is 1. The number of aryl methyl sites for hydroxylation is 1. The SMILES string of the molecule is CCCc1ccc(C(N)CN(CC)CCOC)cc1. The second-order valence-electron chi connectivity index (χ2n) is 4.98. The van der Waals surface area contributed by atoms with Crippen molar-refractivity contribution in [3.05, 3.63) is 35.4 Å². The Balaban J connectivity index is 2.53. The van der Waals surface area contributed by atoms with E-state index in [4.69, 9.17) is 10.5 Å². The highest BCUT2D eigenvalue weighted by Crippen LogP contribution is 2.14. The first-order valence-electron chi connectivity index (χ1n) is 7.26. The average molecular weight is 264 g/mol. The minimum Gasteiger partial charge on any atom is -0.383 e. The van der Waals surface area contributed by atoms with Crippen LogP contribution in [0.5, 0.6) is 0 Å². The first kappa shape index (κ1) is 16.2. The zero-order valence-corrected chi connectivity index (χ0v) is 12.6. The van der Waals surface area contributed by atoms with Gasteiger partial charge in [0.05, 0.1) is 6.61 Å². The number of nitrogens with two attached hydrogens (primary N) is 1. The Kier molecular flexibility index (Phi) is 7.72. The lowest BCUT2D eigenvalue weighted by atomic mass is 10.0. The maximum absolute atomic E-state index is 6.28. The summed E-state index contributed by atoms with van der Waals surface area (Å²) < 4.78 is 5.12. The Morgan fingerprint density at radius 3 is 2.42 bits per heavy atom. The summed E-state index contributed by atoms with van der Waals surface area (Å²) in [6.07, 6.45) is 2.33. The Bertz CT molecular complexity index is 337. The van der Waals surface area contributed by atoms with Crippen LogP contribution in [0.3, 0.4) is 0 Å². The zero-order chi connectivity index (χ0) is 14.1. The summed E-state index contributed by atoms with van der Waals surface area (Å²) in [4.78, 5) is 2.33. The topological polar surface area (TPSA) is 38.5 Å². The summed E-state index contributed by atoms with van der Waals surface area (Å²) in [5.74, 6) is 0. The molecule has 0 aromatic heterocycles. The Morgan fingerprint density at radius 2 is 1.89 bits per heavy atom. The van der Waals surface area contributed by atoms with Crippen molar-refractivity contribution < 1.29 is 4.74 Å². The van der Waals surface area contributed by atoms with Crippen LogP contribution in [0.15, 0.2) is 24.3 Å². The highest BCUT2D eigenvalue weighted by Gasteiger charge is 2.10. The third-order valence-corrected chi connectivity index (χ3v) is 3.46. The lowest BCUT2D eigenvalue weighted by molar-refractivity contribution is 0.147. The number of rotatable bonds is 9. The van der Waals surface area contributed by atoms with E-state index in [0.29, 0.717) is 0 Å². The molecule has 1 unspecified atom stereocenters. The molecule has 0 bridgehead atoms. The fourth-order valence-electron chi connectivity index (χ4n) is 2.20. The Hall–Kier alpha value is -0.900. The number of nitrogens with zero attached hydrogens (tertiary/aromatic N) is 1. The van der Waals surface area contributed by atoms with Crippen LogP contribution >= 0.6 is 0 Å². The van der Waals surface area contributed by atoms with E-state index in [1.54, 1.807) is 7.11 Å². The molecule has 0 aliphatic rings.